The van der Waals surface area contributed by atoms with Crippen molar-refractivity contribution in [1.82, 2.24) is 15.6 Å². The van der Waals surface area contributed by atoms with Crippen LogP contribution in [-0.4, -0.2) is 28.8 Å². The predicted octanol–water partition coefficient (Wildman–Crippen LogP) is 3.08. The third kappa shape index (κ3) is 5.33. The fourth-order valence-electron chi connectivity index (χ4n) is 2.08. The summed E-state index contributed by atoms with van der Waals surface area (Å²) in [6.45, 7) is 4.80. The van der Waals surface area contributed by atoms with E-state index in [1.807, 2.05) is 44.2 Å². The molecule has 5 nitrogen and oxygen atoms in total. The first-order chi connectivity index (χ1) is 11.1. The fraction of sp³-hybridized carbons (Fsp3) is 0.412. The third-order valence-corrected chi connectivity index (χ3v) is 4.76. The summed E-state index contributed by atoms with van der Waals surface area (Å²) in [6, 6.07) is 9.79. The van der Waals surface area contributed by atoms with E-state index in [0.29, 0.717) is 25.9 Å². The molecule has 2 rings (SSSR count). The maximum Gasteiger partial charge on any atom is 0.315 e. The van der Waals surface area contributed by atoms with E-state index >= 15 is 0 Å². The topological polar surface area (TPSA) is 74.2 Å². The van der Waals surface area contributed by atoms with Gasteiger partial charge in [0.15, 0.2) is 0 Å². The van der Waals surface area contributed by atoms with E-state index in [0.717, 1.165) is 21.1 Å². The highest BCUT2D eigenvalue weighted by Crippen LogP contribution is 2.27. The Bertz CT molecular complexity index is 628. The van der Waals surface area contributed by atoms with Crippen molar-refractivity contribution < 1.29 is 9.90 Å². The van der Waals surface area contributed by atoms with Gasteiger partial charge in [0.05, 0.1) is 18.3 Å². The molecule has 124 valence electrons. The van der Waals surface area contributed by atoms with Gasteiger partial charge in [0.25, 0.3) is 0 Å². The Morgan fingerprint density at radius 3 is 2.74 bits per heavy atom. The molecule has 0 aliphatic heterocycles. The van der Waals surface area contributed by atoms with Gasteiger partial charge in [0, 0.05) is 17.0 Å². The molecule has 0 saturated carbocycles. The van der Waals surface area contributed by atoms with Crippen LogP contribution in [-0.2, 0) is 6.54 Å². The third-order valence-electron chi connectivity index (χ3n) is 3.56. The fourth-order valence-corrected chi connectivity index (χ4v) is 3.08. The molecule has 0 aliphatic carbocycles. The van der Waals surface area contributed by atoms with Crippen molar-refractivity contribution in [1.29, 1.82) is 0 Å². The highest BCUT2D eigenvalue weighted by Gasteiger charge is 2.10. The molecule has 1 atom stereocenters. The second-order valence-corrected chi connectivity index (χ2v) is 6.44. The first-order valence-electron chi connectivity index (χ1n) is 7.81. The molecule has 0 bridgehead atoms. The zero-order valence-electron chi connectivity index (χ0n) is 13.5. The molecule has 1 heterocycles. The Hall–Kier alpha value is -1.92. The molecule has 0 radical (unpaired) electrons. The Kier molecular flexibility index (Phi) is 6.55. The van der Waals surface area contributed by atoms with Crippen LogP contribution in [0.5, 0.6) is 0 Å². The summed E-state index contributed by atoms with van der Waals surface area (Å²) < 4.78 is 0. The molecule has 2 amide bonds. The van der Waals surface area contributed by atoms with Gasteiger partial charge in [-0.25, -0.2) is 9.78 Å². The molecule has 1 aromatic heterocycles. The Morgan fingerprint density at radius 1 is 1.30 bits per heavy atom. The van der Waals surface area contributed by atoms with Crippen LogP contribution in [0, 0.1) is 6.92 Å². The Labute approximate surface area is 140 Å². The van der Waals surface area contributed by atoms with Crippen molar-refractivity contribution in [2.24, 2.45) is 0 Å². The van der Waals surface area contributed by atoms with Crippen LogP contribution in [0.4, 0.5) is 4.79 Å². The van der Waals surface area contributed by atoms with Gasteiger partial charge in [-0.2, -0.15) is 0 Å². The van der Waals surface area contributed by atoms with Crippen molar-refractivity contribution >= 4 is 17.4 Å². The van der Waals surface area contributed by atoms with Crippen LogP contribution < -0.4 is 10.6 Å². The number of benzene rings is 1. The first kappa shape index (κ1) is 17.4. The average Bonchev–Trinajstić information content (AvgIpc) is 2.94. The van der Waals surface area contributed by atoms with Gasteiger partial charge in [-0.05, 0) is 19.8 Å². The van der Waals surface area contributed by atoms with E-state index in [4.69, 9.17) is 0 Å². The highest BCUT2D eigenvalue weighted by atomic mass is 32.1. The van der Waals surface area contributed by atoms with Crippen molar-refractivity contribution in [2.45, 2.75) is 39.3 Å². The molecule has 0 fully saturated rings. The van der Waals surface area contributed by atoms with E-state index in [2.05, 4.69) is 15.6 Å². The van der Waals surface area contributed by atoms with Crippen molar-refractivity contribution in [2.75, 3.05) is 6.54 Å². The average molecular weight is 333 g/mol. The van der Waals surface area contributed by atoms with Gasteiger partial charge in [-0.15, -0.1) is 11.3 Å². The number of aryl methyl sites for hydroxylation is 1. The molecule has 2 aromatic rings. The van der Waals surface area contributed by atoms with E-state index in [-0.39, 0.29) is 12.1 Å². The standard InChI is InChI=1S/C17H23N3O2S/c1-3-14(21)9-10-18-17(22)19-11-15-12(2)20-16(23-15)13-7-5-4-6-8-13/h4-8,14,21H,3,9-11H2,1-2H3,(H2,18,19,22). The number of rotatable bonds is 7. The summed E-state index contributed by atoms with van der Waals surface area (Å²) in [5.41, 5.74) is 2.03. The van der Waals surface area contributed by atoms with Crippen LogP contribution in [0.25, 0.3) is 10.6 Å². The molecule has 6 heteroatoms. The van der Waals surface area contributed by atoms with Gasteiger partial charge < -0.3 is 15.7 Å². The molecule has 0 saturated heterocycles. The van der Waals surface area contributed by atoms with Crippen LogP contribution in [0.15, 0.2) is 30.3 Å². The Balaban J connectivity index is 1.84. The lowest BCUT2D eigenvalue weighted by molar-refractivity contribution is 0.160. The van der Waals surface area contributed by atoms with E-state index in [1.54, 1.807) is 11.3 Å². The molecule has 1 unspecified atom stereocenters. The number of hydrogen-bond donors (Lipinski definition) is 3. The smallest absolute Gasteiger partial charge is 0.315 e. The monoisotopic (exact) mass is 333 g/mol. The number of aromatic nitrogens is 1. The van der Waals surface area contributed by atoms with Gasteiger partial charge in [-0.1, -0.05) is 37.3 Å². The number of carbonyl (C=O) groups is 1. The number of aliphatic hydroxyl groups is 1. The predicted molar refractivity (Wildman–Crippen MR) is 93.4 cm³/mol. The number of hydrogen-bond acceptors (Lipinski definition) is 4. The summed E-state index contributed by atoms with van der Waals surface area (Å²) in [7, 11) is 0. The number of urea groups is 1. The molecule has 23 heavy (non-hydrogen) atoms. The minimum atomic E-state index is -0.354. The quantitative estimate of drug-likeness (QED) is 0.729. The maximum atomic E-state index is 11.8. The molecule has 1 aromatic carbocycles. The van der Waals surface area contributed by atoms with Gasteiger partial charge in [0.1, 0.15) is 5.01 Å². The van der Waals surface area contributed by atoms with Crippen molar-refractivity contribution in [3.05, 3.63) is 40.9 Å². The van der Waals surface area contributed by atoms with Gasteiger partial charge in [-0.3, -0.25) is 0 Å². The Morgan fingerprint density at radius 2 is 2.04 bits per heavy atom. The van der Waals surface area contributed by atoms with Crippen LogP contribution in [0.2, 0.25) is 0 Å². The van der Waals surface area contributed by atoms with E-state index in [1.165, 1.54) is 0 Å². The molecule has 0 spiro atoms. The summed E-state index contributed by atoms with van der Waals surface area (Å²) in [5, 5.41) is 16.0. The first-order valence-corrected chi connectivity index (χ1v) is 8.63. The molecule has 0 aliphatic rings. The van der Waals surface area contributed by atoms with Crippen LogP contribution in [0.1, 0.15) is 30.3 Å². The summed E-state index contributed by atoms with van der Waals surface area (Å²) in [6.07, 6.45) is 0.917. The van der Waals surface area contributed by atoms with Crippen molar-refractivity contribution in [3.63, 3.8) is 0 Å². The summed E-state index contributed by atoms with van der Waals surface area (Å²) in [5.74, 6) is 0. The lowest BCUT2D eigenvalue weighted by Crippen LogP contribution is -2.36. The zero-order valence-corrected chi connectivity index (χ0v) is 14.3. The second-order valence-electron chi connectivity index (χ2n) is 5.35. The largest absolute Gasteiger partial charge is 0.393 e. The van der Waals surface area contributed by atoms with Crippen molar-refractivity contribution in [3.8, 4) is 10.6 Å². The van der Waals surface area contributed by atoms with Crippen LogP contribution in [0.3, 0.4) is 0 Å². The number of thiazole rings is 1. The van der Waals surface area contributed by atoms with Crippen LogP contribution >= 0.6 is 11.3 Å². The molecule has 3 N–H and O–H groups in total. The maximum absolute atomic E-state index is 11.8. The molecular weight excluding hydrogens is 310 g/mol. The second kappa shape index (κ2) is 8.64. The number of nitrogens with one attached hydrogen (secondary N) is 2. The molecular formula is C17H23N3O2S. The number of carbonyl (C=O) groups excluding carboxylic acids is 1. The SMILES string of the molecule is CCC(O)CCNC(=O)NCc1sc(-c2ccccc2)nc1C. The normalized spacial score (nSPS) is 12.0. The number of nitrogens with zero attached hydrogens (tertiary/aromatic N) is 1. The summed E-state index contributed by atoms with van der Waals surface area (Å²) in [4.78, 5) is 17.4. The summed E-state index contributed by atoms with van der Waals surface area (Å²) >= 11 is 1.59. The van der Waals surface area contributed by atoms with Gasteiger partial charge >= 0.3 is 6.03 Å². The highest BCUT2D eigenvalue weighted by molar-refractivity contribution is 7.15. The number of aliphatic hydroxyl groups excluding tert-OH is 1. The van der Waals surface area contributed by atoms with E-state index < -0.39 is 0 Å². The lowest BCUT2D eigenvalue weighted by atomic mass is 10.2. The number of amides is 2. The lowest BCUT2D eigenvalue weighted by Gasteiger charge is -2.09. The minimum Gasteiger partial charge on any atom is -0.393 e. The van der Waals surface area contributed by atoms with Gasteiger partial charge in [0.2, 0.25) is 0 Å². The zero-order chi connectivity index (χ0) is 16.7. The minimum absolute atomic E-state index is 0.220. The van der Waals surface area contributed by atoms with E-state index in [9.17, 15) is 9.90 Å².